The fraction of sp³-hybridized carbons (Fsp3) is 0.600. The number of aliphatic hydroxyl groups excluding tert-OH is 2. The number of amides is 1. The van der Waals surface area contributed by atoms with E-state index in [0.29, 0.717) is 12.2 Å². The molecule has 0 aliphatic carbocycles. The van der Waals surface area contributed by atoms with Gasteiger partial charge in [-0.15, -0.1) is 0 Å². The second-order valence-corrected chi connectivity index (χ2v) is 8.43. The number of hydrogen-bond acceptors (Lipinski definition) is 12. The van der Waals surface area contributed by atoms with E-state index < -0.39 is 53.4 Å². The molecule has 2 aliphatic heterocycles. The van der Waals surface area contributed by atoms with Crippen LogP contribution < -0.4 is 16.2 Å². The average molecular weight is 443 g/mol. The van der Waals surface area contributed by atoms with Crippen molar-refractivity contribution in [3.63, 3.8) is 0 Å². The van der Waals surface area contributed by atoms with Gasteiger partial charge in [0.2, 0.25) is 0 Å². The van der Waals surface area contributed by atoms with Gasteiger partial charge in [0.15, 0.2) is 23.2 Å². The van der Waals surface area contributed by atoms with Crippen LogP contribution in [0.4, 0.5) is 5.82 Å². The van der Waals surface area contributed by atoms with Crippen LogP contribution in [0.3, 0.4) is 0 Å². The van der Waals surface area contributed by atoms with E-state index in [1.165, 1.54) is 10.9 Å². The minimum Gasteiger partial charge on any atom is -0.387 e. The van der Waals surface area contributed by atoms with Gasteiger partial charge in [-0.3, -0.25) is 13.5 Å². The van der Waals surface area contributed by atoms with Crippen molar-refractivity contribution >= 4 is 33.2 Å². The first-order chi connectivity index (χ1) is 14.2. The Morgan fingerprint density at radius 3 is 2.80 bits per heavy atom. The monoisotopic (exact) mass is 443 g/mol. The summed E-state index contributed by atoms with van der Waals surface area (Å²) in [5.74, 6) is -0.387. The molecule has 0 aromatic carbocycles. The third-order valence-corrected chi connectivity index (χ3v) is 5.93. The minimum absolute atomic E-state index is 0.119. The Morgan fingerprint density at radius 2 is 2.03 bits per heavy atom. The van der Waals surface area contributed by atoms with E-state index in [4.69, 9.17) is 20.4 Å². The Balaban J connectivity index is 1.77. The number of carbonyl (C=O) groups excluding carboxylic acids is 1. The van der Waals surface area contributed by atoms with Crippen molar-refractivity contribution < 1.29 is 32.3 Å². The van der Waals surface area contributed by atoms with Gasteiger partial charge in [-0.1, -0.05) is 0 Å². The van der Waals surface area contributed by atoms with Gasteiger partial charge in [0, 0.05) is 6.42 Å². The standard InChI is InChI=1S/C15H21N7O7S/c16-6-2-1-3-8-20-9-12(17)18-5-19-13(9)22(8)15-11(24)10(23)7(29-15)4-28-30(26,27)21-14(6)25/h5-7,10-11,15,23-24H,1-4,16H2,(H,21,25)(H2,17,18,19)/t6?,7-,10-,11-,15-/m1/s1. The fourth-order valence-corrected chi connectivity index (χ4v) is 4.26. The van der Waals surface area contributed by atoms with Crippen molar-refractivity contribution in [2.24, 2.45) is 5.73 Å². The number of anilines is 1. The summed E-state index contributed by atoms with van der Waals surface area (Å²) in [4.78, 5) is 24.5. The Labute approximate surface area is 170 Å². The molecule has 164 valence electrons. The predicted molar refractivity (Wildman–Crippen MR) is 99.6 cm³/mol. The number of nitrogens with one attached hydrogen (secondary N) is 1. The number of aryl methyl sites for hydroxylation is 1. The number of nitrogen functional groups attached to an aromatic ring is 1. The minimum atomic E-state index is -4.48. The van der Waals surface area contributed by atoms with E-state index in [1.807, 2.05) is 0 Å². The maximum Gasteiger partial charge on any atom is 0.362 e. The molecule has 2 aromatic heterocycles. The van der Waals surface area contributed by atoms with Crippen molar-refractivity contribution in [3.05, 3.63) is 12.2 Å². The molecule has 1 amide bonds. The van der Waals surface area contributed by atoms with E-state index in [1.54, 1.807) is 4.72 Å². The molecule has 2 aromatic rings. The van der Waals surface area contributed by atoms with Crippen molar-refractivity contribution in [3.8, 4) is 0 Å². The number of carbonyl (C=O) groups is 1. The van der Waals surface area contributed by atoms with Crippen LogP contribution in [0.25, 0.3) is 11.2 Å². The molecule has 1 saturated heterocycles. The van der Waals surface area contributed by atoms with Gasteiger partial charge < -0.3 is 26.4 Å². The van der Waals surface area contributed by atoms with E-state index in [9.17, 15) is 23.4 Å². The Morgan fingerprint density at radius 1 is 1.27 bits per heavy atom. The van der Waals surface area contributed by atoms with Gasteiger partial charge in [-0.2, -0.15) is 8.42 Å². The Bertz CT molecular complexity index is 1070. The summed E-state index contributed by atoms with van der Waals surface area (Å²) in [7, 11) is -4.48. The summed E-state index contributed by atoms with van der Waals surface area (Å²) < 4.78 is 37.6. The van der Waals surface area contributed by atoms with Gasteiger partial charge in [-0.25, -0.2) is 19.7 Å². The molecule has 1 fully saturated rings. The second kappa shape index (κ2) is 7.68. The first kappa shape index (κ1) is 20.8. The van der Waals surface area contributed by atoms with Crippen LogP contribution in [0.5, 0.6) is 0 Å². The molecule has 4 rings (SSSR count). The molecule has 4 heterocycles. The summed E-state index contributed by atoms with van der Waals surface area (Å²) in [6.07, 6.45) is -3.24. The summed E-state index contributed by atoms with van der Waals surface area (Å²) in [6.45, 7) is -0.647. The van der Waals surface area contributed by atoms with Crippen molar-refractivity contribution in [2.45, 2.75) is 49.8 Å². The molecule has 2 aliphatic rings. The quantitative estimate of drug-likeness (QED) is 0.276. The van der Waals surface area contributed by atoms with E-state index in [-0.39, 0.29) is 29.8 Å². The van der Waals surface area contributed by atoms with Crippen LogP contribution in [0.15, 0.2) is 6.33 Å². The highest BCUT2D eigenvalue weighted by molar-refractivity contribution is 7.85. The smallest absolute Gasteiger partial charge is 0.362 e. The van der Waals surface area contributed by atoms with Crippen LogP contribution in [-0.2, 0) is 30.4 Å². The summed E-state index contributed by atoms with van der Waals surface area (Å²) in [6, 6.07) is -1.10. The normalized spacial score (nSPS) is 32.4. The molecule has 14 nitrogen and oxygen atoms in total. The number of nitrogens with zero attached hydrogens (tertiary/aromatic N) is 4. The van der Waals surface area contributed by atoms with Crippen LogP contribution >= 0.6 is 0 Å². The number of hydrogen-bond donors (Lipinski definition) is 5. The van der Waals surface area contributed by atoms with Gasteiger partial charge in [0.05, 0.1) is 12.6 Å². The molecule has 5 atom stereocenters. The van der Waals surface area contributed by atoms with Crippen molar-refractivity contribution in [2.75, 3.05) is 12.3 Å². The number of nitrogens with two attached hydrogens (primary N) is 2. The molecule has 0 saturated carbocycles. The molecule has 2 bridgehead atoms. The number of fused-ring (bicyclic) bond motifs is 6. The fourth-order valence-electron chi connectivity index (χ4n) is 3.49. The summed E-state index contributed by atoms with van der Waals surface area (Å²) in [5, 5.41) is 20.9. The third kappa shape index (κ3) is 3.70. The maximum atomic E-state index is 12.0. The van der Waals surface area contributed by atoms with E-state index in [0.717, 1.165) is 0 Å². The lowest BCUT2D eigenvalue weighted by atomic mass is 10.1. The average Bonchev–Trinajstić information content (AvgIpc) is 3.18. The van der Waals surface area contributed by atoms with Gasteiger partial charge in [0.1, 0.15) is 30.5 Å². The van der Waals surface area contributed by atoms with Crippen molar-refractivity contribution in [1.82, 2.24) is 24.2 Å². The maximum absolute atomic E-state index is 12.0. The zero-order valence-corrected chi connectivity index (χ0v) is 16.4. The van der Waals surface area contributed by atoms with Crippen LogP contribution in [-0.4, -0.2) is 75.0 Å². The number of imidazole rings is 1. The van der Waals surface area contributed by atoms with Gasteiger partial charge in [-0.05, 0) is 12.8 Å². The second-order valence-electron chi connectivity index (χ2n) is 7.08. The summed E-state index contributed by atoms with van der Waals surface area (Å²) in [5.41, 5.74) is 12.2. The zero-order valence-electron chi connectivity index (χ0n) is 15.6. The molecule has 0 spiro atoms. The lowest BCUT2D eigenvalue weighted by Crippen LogP contribution is -2.45. The molecule has 0 radical (unpaired) electrons. The van der Waals surface area contributed by atoms with Crippen LogP contribution in [0, 0.1) is 0 Å². The number of aliphatic hydroxyl groups is 2. The predicted octanol–water partition coefficient (Wildman–Crippen LogP) is -2.93. The van der Waals surface area contributed by atoms with Crippen LogP contribution in [0.2, 0.25) is 0 Å². The number of aromatic nitrogens is 4. The summed E-state index contributed by atoms with van der Waals surface area (Å²) >= 11 is 0. The molecular weight excluding hydrogens is 422 g/mol. The topological polar surface area (TPSA) is 218 Å². The van der Waals surface area contributed by atoms with E-state index >= 15 is 0 Å². The lowest BCUT2D eigenvalue weighted by Gasteiger charge is -2.20. The van der Waals surface area contributed by atoms with Crippen LogP contribution in [0.1, 0.15) is 24.9 Å². The number of ether oxygens (including phenoxy) is 1. The highest BCUT2D eigenvalue weighted by atomic mass is 32.2. The highest BCUT2D eigenvalue weighted by Gasteiger charge is 2.46. The Hall–Kier alpha value is -2.43. The molecule has 7 N–H and O–H groups in total. The first-order valence-corrected chi connectivity index (χ1v) is 10.5. The van der Waals surface area contributed by atoms with Crippen molar-refractivity contribution in [1.29, 1.82) is 0 Å². The third-order valence-electron chi connectivity index (χ3n) is 5.04. The molecule has 15 heteroatoms. The molecule has 30 heavy (non-hydrogen) atoms. The van der Waals surface area contributed by atoms with Gasteiger partial charge >= 0.3 is 10.3 Å². The lowest BCUT2D eigenvalue weighted by molar-refractivity contribution is -0.120. The highest BCUT2D eigenvalue weighted by Crippen LogP contribution is 2.34. The SMILES string of the molecule is Nc1ncnc2c1nc1n2[C@@H]2O[C@H](COS(=O)(=O)NC(=O)C(N)CCC1)[C@@H](O)[C@H]2O. The first-order valence-electron chi connectivity index (χ1n) is 9.13. The Kier molecular flexibility index (Phi) is 5.33. The molecular formula is C15H21N7O7S. The molecule has 1 unspecified atom stereocenters. The number of rotatable bonds is 0. The van der Waals surface area contributed by atoms with Gasteiger partial charge in [0.25, 0.3) is 5.91 Å². The van der Waals surface area contributed by atoms with E-state index in [2.05, 4.69) is 15.0 Å². The largest absolute Gasteiger partial charge is 0.387 e. The zero-order chi connectivity index (χ0) is 21.6.